The number of carbonyl (C=O) groups excluding carboxylic acids is 1. The number of hydrogen-bond donors (Lipinski definition) is 1. The molecule has 0 heterocycles. The molecule has 0 bridgehead atoms. The smallest absolute Gasteiger partial charge is 0.258 e. The number of amides is 1. The highest BCUT2D eigenvalue weighted by Gasteiger charge is 2.04. The second-order valence-corrected chi connectivity index (χ2v) is 4.95. The van der Waals surface area contributed by atoms with E-state index < -0.39 is 0 Å². The normalized spacial score (nSPS) is 10.1. The van der Waals surface area contributed by atoms with E-state index in [0.29, 0.717) is 22.3 Å². The van der Waals surface area contributed by atoms with Crippen molar-refractivity contribution in [1.82, 2.24) is 5.32 Å². The van der Waals surface area contributed by atoms with Crippen LogP contribution in [0.4, 0.5) is 0 Å². The van der Waals surface area contributed by atoms with Crippen molar-refractivity contribution in [3.05, 3.63) is 64.1 Å². The zero-order valence-electron chi connectivity index (χ0n) is 10.6. The first-order valence-corrected chi connectivity index (χ1v) is 6.79. The van der Waals surface area contributed by atoms with Gasteiger partial charge in [0.25, 0.3) is 5.91 Å². The van der Waals surface area contributed by atoms with Gasteiger partial charge in [-0.3, -0.25) is 4.79 Å². The Balaban J connectivity index is 1.78. The van der Waals surface area contributed by atoms with Gasteiger partial charge in [-0.25, -0.2) is 0 Å². The maximum atomic E-state index is 11.7. The van der Waals surface area contributed by atoms with E-state index in [1.807, 2.05) is 18.2 Å². The van der Waals surface area contributed by atoms with E-state index in [0.717, 1.165) is 5.56 Å². The van der Waals surface area contributed by atoms with Crippen LogP contribution in [0.2, 0.25) is 10.0 Å². The number of benzene rings is 2. The van der Waals surface area contributed by atoms with Crippen LogP contribution >= 0.6 is 23.2 Å². The van der Waals surface area contributed by atoms with E-state index in [1.54, 1.807) is 30.3 Å². The van der Waals surface area contributed by atoms with Crippen LogP contribution in [-0.2, 0) is 11.3 Å². The van der Waals surface area contributed by atoms with Gasteiger partial charge in [-0.2, -0.15) is 0 Å². The lowest BCUT2D eigenvalue weighted by molar-refractivity contribution is -0.123. The average molecular weight is 310 g/mol. The molecule has 2 aromatic carbocycles. The standard InChI is InChI=1S/C15H13Cl2NO2/c16-12-5-7-13(8-6-12)20-10-15(19)18-9-11-3-1-2-4-14(11)17/h1-8H,9-10H2,(H,18,19). The molecule has 0 fully saturated rings. The number of hydrogen-bond acceptors (Lipinski definition) is 2. The maximum absolute atomic E-state index is 11.7. The van der Waals surface area contributed by atoms with Crippen molar-refractivity contribution in [1.29, 1.82) is 0 Å². The Labute approximate surface area is 127 Å². The maximum Gasteiger partial charge on any atom is 0.258 e. The van der Waals surface area contributed by atoms with Crippen molar-refractivity contribution in [3.8, 4) is 5.75 Å². The summed E-state index contributed by atoms with van der Waals surface area (Å²) in [5.41, 5.74) is 0.869. The van der Waals surface area contributed by atoms with Crippen molar-refractivity contribution in [2.75, 3.05) is 6.61 Å². The molecule has 0 aliphatic carbocycles. The fraction of sp³-hybridized carbons (Fsp3) is 0.133. The highest BCUT2D eigenvalue weighted by atomic mass is 35.5. The SMILES string of the molecule is O=C(COc1ccc(Cl)cc1)NCc1ccccc1Cl. The zero-order valence-corrected chi connectivity index (χ0v) is 12.1. The van der Waals surface area contributed by atoms with Crippen molar-refractivity contribution in [2.45, 2.75) is 6.54 Å². The average Bonchev–Trinajstić information content (AvgIpc) is 2.46. The first-order valence-electron chi connectivity index (χ1n) is 6.03. The molecule has 0 aromatic heterocycles. The molecule has 0 radical (unpaired) electrons. The fourth-order valence-corrected chi connectivity index (χ4v) is 1.89. The summed E-state index contributed by atoms with van der Waals surface area (Å²) in [5, 5.41) is 4.00. The van der Waals surface area contributed by atoms with Gasteiger partial charge in [-0.15, -0.1) is 0 Å². The van der Waals surface area contributed by atoms with E-state index in [2.05, 4.69) is 5.32 Å². The molecule has 0 spiro atoms. The van der Waals surface area contributed by atoms with Gasteiger partial charge in [0.1, 0.15) is 5.75 Å². The van der Waals surface area contributed by atoms with E-state index in [9.17, 15) is 4.79 Å². The van der Waals surface area contributed by atoms with Gasteiger partial charge < -0.3 is 10.1 Å². The molecule has 2 rings (SSSR count). The van der Waals surface area contributed by atoms with Crippen LogP contribution in [-0.4, -0.2) is 12.5 Å². The Bertz CT molecular complexity index is 585. The van der Waals surface area contributed by atoms with Gasteiger partial charge in [0.15, 0.2) is 6.61 Å². The van der Waals surface area contributed by atoms with Gasteiger partial charge in [-0.1, -0.05) is 41.4 Å². The minimum Gasteiger partial charge on any atom is -0.484 e. The molecular formula is C15H13Cl2NO2. The number of halogens is 2. The van der Waals surface area contributed by atoms with Crippen LogP contribution in [0.3, 0.4) is 0 Å². The predicted octanol–water partition coefficient (Wildman–Crippen LogP) is 3.69. The Kier molecular flexibility index (Phi) is 5.27. The first-order chi connectivity index (χ1) is 9.65. The summed E-state index contributed by atoms with van der Waals surface area (Å²) in [6.07, 6.45) is 0. The largest absolute Gasteiger partial charge is 0.484 e. The topological polar surface area (TPSA) is 38.3 Å². The molecule has 0 atom stereocenters. The summed E-state index contributed by atoms with van der Waals surface area (Å²) in [7, 11) is 0. The second kappa shape index (κ2) is 7.17. The number of carbonyl (C=O) groups is 1. The fourth-order valence-electron chi connectivity index (χ4n) is 1.57. The summed E-state index contributed by atoms with van der Waals surface area (Å²) in [6, 6.07) is 14.2. The third kappa shape index (κ3) is 4.44. The molecule has 0 saturated heterocycles. The summed E-state index contributed by atoms with van der Waals surface area (Å²) in [5.74, 6) is 0.391. The van der Waals surface area contributed by atoms with Crippen LogP contribution in [0.5, 0.6) is 5.75 Å². The molecule has 1 amide bonds. The highest BCUT2D eigenvalue weighted by Crippen LogP contribution is 2.16. The third-order valence-corrected chi connectivity index (χ3v) is 3.24. The van der Waals surface area contributed by atoms with Crippen molar-refractivity contribution in [3.63, 3.8) is 0 Å². The van der Waals surface area contributed by atoms with Crippen molar-refractivity contribution < 1.29 is 9.53 Å². The van der Waals surface area contributed by atoms with Crippen molar-refractivity contribution >= 4 is 29.1 Å². The molecule has 2 aromatic rings. The molecule has 5 heteroatoms. The molecule has 1 N–H and O–H groups in total. The molecule has 3 nitrogen and oxygen atoms in total. The third-order valence-electron chi connectivity index (χ3n) is 2.62. The lowest BCUT2D eigenvalue weighted by Gasteiger charge is -2.08. The lowest BCUT2D eigenvalue weighted by atomic mass is 10.2. The zero-order chi connectivity index (χ0) is 14.4. The summed E-state index contributed by atoms with van der Waals surface area (Å²) >= 11 is 11.8. The monoisotopic (exact) mass is 309 g/mol. The van der Waals surface area contributed by atoms with Gasteiger partial charge in [0, 0.05) is 16.6 Å². The van der Waals surface area contributed by atoms with Crippen LogP contribution < -0.4 is 10.1 Å². The Morgan fingerprint density at radius 3 is 2.45 bits per heavy atom. The van der Waals surface area contributed by atoms with Gasteiger partial charge in [-0.05, 0) is 35.9 Å². The molecule has 0 unspecified atom stereocenters. The van der Waals surface area contributed by atoms with E-state index >= 15 is 0 Å². The molecule has 0 aliphatic heterocycles. The Morgan fingerprint density at radius 1 is 1.05 bits per heavy atom. The molecular weight excluding hydrogens is 297 g/mol. The van der Waals surface area contributed by atoms with Crippen LogP contribution in [0.1, 0.15) is 5.56 Å². The molecule has 20 heavy (non-hydrogen) atoms. The Hall–Kier alpha value is -1.71. The quantitative estimate of drug-likeness (QED) is 0.914. The number of rotatable bonds is 5. The second-order valence-electron chi connectivity index (χ2n) is 4.11. The van der Waals surface area contributed by atoms with Crippen molar-refractivity contribution in [2.24, 2.45) is 0 Å². The minimum absolute atomic E-state index is 0.0495. The highest BCUT2D eigenvalue weighted by molar-refractivity contribution is 6.31. The van der Waals surface area contributed by atoms with E-state index in [-0.39, 0.29) is 12.5 Å². The first kappa shape index (κ1) is 14.7. The van der Waals surface area contributed by atoms with Gasteiger partial charge >= 0.3 is 0 Å². The van der Waals surface area contributed by atoms with E-state index in [4.69, 9.17) is 27.9 Å². The van der Waals surface area contributed by atoms with Crippen LogP contribution in [0.15, 0.2) is 48.5 Å². The number of nitrogens with one attached hydrogen (secondary N) is 1. The Morgan fingerprint density at radius 2 is 1.75 bits per heavy atom. The molecule has 0 aliphatic rings. The molecule has 0 saturated carbocycles. The summed E-state index contributed by atoms with van der Waals surface area (Å²) in [4.78, 5) is 11.7. The van der Waals surface area contributed by atoms with Gasteiger partial charge in [0.2, 0.25) is 0 Å². The minimum atomic E-state index is -0.208. The number of ether oxygens (including phenoxy) is 1. The van der Waals surface area contributed by atoms with Crippen LogP contribution in [0.25, 0.3) is 0 Å². The van der Waals surface area contributed by atoms with Gasteiger partial charge in [0.05, 0.1) is 0 Å². The molecule has 104 valence electrons. The summed E-state index contributed by atoms with van der Waals surface area (Å²) in [6.45, 7) is 0.328. The van der Waals surface area contributed by atoms with E-state index in [1.165, 1.54) is 0 Å². The lowest BCUT2D eigenvalue weighted by Crippen LogP contribution is -2.28. The van der Waals surface area contributed by atoms with Crippen LogP contribution in [0, 0.1) is 0 Å². The predicted molar refractivity (Wildman–Crippen MR) is 80.2 cm³/mol. The summed E-state index contributed by atoms with van der Waals surface area (Å²) < 4.78 is 5.34.